The standard InChI is InChI=1S/C17H18FN3O4/c1-2-24-15(22)9-19-17(23)21-7-6-14-13(10-21)16(20-25-14)11-4-3-5-12(18)8-11/h3-5,8H,2,6-7,9-10H2,1H3,(H,19,23). The van der Waals surface area contributed by atoms with Gasteiger partial charge in [-0.1, -0.05) is 17.3 Å². The molecule has 1 aliphatic heterocycles. The summed E-state index contributed by atoms with van der Waals surface area (Å²) in [6.07, 6.45) is 0.504. The third kappa shape index (κ3) is 3.78. The van der Waals surface area contributed by atoms with Gasteiger partial charge in [0.25, 0.3) is 0 Å². The summed E-state index contributed by atoms with van der Waals surface area (Å²) in [5.41, 5.74) is 1.87. The van der Waals surface area contributed by atoms with Crippen LogP contribution in [-0.2, 0) is 22.5 Å². The molecule has 0 bridgehead atoms. The van der Waals surface area contributed by atoms with E-state index in [0.717, 1.165) is 5.56 Å². The molecule has 0 atom stereocenters. The number of aromatic nitrogens is 1. The highest BCUT2D eigenvalue weighted by molar-refractivity contribution is 5.81. The highest BCUT2D eigenvalue weighted by atomic mass is 19.1. The summed E-state index contributed by atoms with van der Waals surface area (Å²) in [6.45, 7) is 2.50. The van der Waals surface area contributed by atoms with Gasteiger partial charge in [-0.2, -0.15) is 0 Å². The number of esters is 1. The van der Waals surface area contributed by atoms with Gasteiger partial charge in [-0.15, -0.1) is 0 Å². The first-order valence-electron chi connectivity index (χ1n) is 8.00. The third-order valence-corrected chi connectivity index (χ3v) is 3.90. The molecule has 0 saturated heterocycles. The molecule has 0 saturated carbocycles. The van der Waals surface area contributed by atoms with Crippen molar-refractivity contribution in [2.24, 2.45) is 0 Å². The Morgan fingerprint density at radius 3 is 3.04 bits per heavy atom. The Balaban J connectivity index is 1.71. The van der Waals surface area contributed by atoms with Crippen LogP contribution in [0.1, 0.15) is 18.2 Å². The van der Waals surface area contributed by atoms with Gasteiger partial charge in [0, 0.05) is 24.1 Å². The van der Waals surface area contributed by atoms with Crippen molar-refractivity contribution in [2.45, 2.75) is 19.9 Å². The zero-order valence-corrected chi connectivity index (χ0v) is 13.8. The van der Waals surface area contributed by atoms with Crippen molar-refractivity contribution in [1.29, 1.82) is 0 Å². The number of nitrogens with zero attached hydrogens (tertiary/aromatic N) is 2. The second kappa shape index (κ2) is 7.33. The third-order valence-electron chi connectivity index (χ3n) is 3.90. The zero-order valence-electron chi connectivity index (χ0n) is 13.8. The molecule has 0 spiro atoms. The number of carbonyl (C=O) groups is 2. The molecule has 1 aromatic carbocycles. The van der Waals surface area contributed by atoms with Gasteiger partial charge < -0.3 is 19.5 Å². The Morgan fingerprint density at radius 1 is 1.44 bits per heavy atom. The van der Waals surface area contributed by atoms with Gasteiger partial charge >= 0.3 is 12.0 Å². The van der Waals surface area contributed by atoms with Crippen LogP contribution in [0, 0.1) is 5.82 Å². The average molecular weight is 347 g/mol. The number of amides is 2. The minimum Gasteiger partial charge on any atom is -0.465 e. The molecule has 132 valence electrons. The zero-order chi connectivity index (χ0) is 17.8. The summed E-state index contributed by atoms with van der Waals surface area (Å²) in [5, 5.41) is 6.56. The first-order valence-corrected chi connectivity index (χ1v) is 8.00. The number of fused-ring (bicyclic) bond motifs is 1. The van der Waals surface area contributed by atoms with E-state index in [0.29, 0.717) is 30.0 Å². The average Bonchev–Trinajstić information content (AvgIpc) is 3.03. The normalized spacial score (nSPS) is 13.3. The smallest absolute Gasteiger partial charge is 0.325 e. The summed E-state index contributed by atoms with van der Waals surface area (Å²) in [6, 6.07) is 5.69. The molecule has 1 N–H and O–H groups in total. The van der Waals surface area contributed by atoms with Crippen molar-refractivity contribution in [3.05, 3.63) is 41.4 Å². The highest BCUT2D eigenvalue weighted by Gasteiger charge is 2.27. The molecule has 25 heavy (non-hydrogen) atoms. The van der Waals surface area contributed by atoms with Crippen LogP contribution in [0.5, 0.6) is 0 Å². The van der Waals surface area contributed by atoms with Crippen LogP contribution in [0.15, 0.2) is 28.8 Å². The molecule has 0 fully saturated rings. The van der Waals surface area contributed by atoms with Crippen LogP contribution in [0.25, 0.3) is 11.3 Å². The maximum absolute atomic E-state index is 13.5. The van der Waals surface area contributed by atoms with Crippen molar-refractivity contribution >= 4 is 12.0 Å². The lowest BCUT2D eigenvalue weighted by atomic mass is 10.0. The maximum Gasteiger partial charge on any atom is 0.325 e. The Bertz CT molecular complexity index is 790. The van der Waals surface area contributed by atoms with Gasteiger partial charge in [0.05, 0.1) is 13.2 Å². The fourth-order valence-corrected chi connectivity index (χ4v) is 2.72. The van der Waals surface area contributed by atoms with Gasteiger partial charge in [-0.25, -0.2) is 9.18 Å². The van der Waals surface area contributed by atoms with Crippen molar-refractivity contribution in [3.8, 4) is 11.3 Å². The minimum atomic E-state index is -0.487. The van der Waals surface area contributed by atoms with E-state index in [1.54, 1.807) is 24.0 Å². The van der Waals surface area contributed by atoms with Crippen molar-refractivity contribution < 1.29 is 23.2 Å². The summed E-state index contributed by atoms with van der Waals surface area (Å²) >= 11 is 0. The molecule has 7 nitrogen and oxygen atoms in total. The molecule has 2 amide bonds. The van der Waals surface area contributed by atoms with Gasteiger partial charge in [0.15, 0.2) is 0 Å². The van der Waals surface area contributed by atoms with E-state index in [4.69, 9.17) is 9.26 Å². The van der Waals surface area contributed by atoms with Crippen LogP contribution in [0.3, 0.4) is 0 Å². The number of urea groups is 1. The molecule has 0 aliphatic carbocycles. The van der Waals surface area contributed by atoms with E-state index >= 15 is 0 Å². The second-order valence-corrected chi connectivity index (χ2v) is 5.58. The molecule has 1 aliphatic rings. The lowest BCUT2D eigenvalue weighted by Crippen LogP contribution is -2.44. The maximum atomic E-state index is 13.5. The molecule has 0 unspecified atom stereocenters. The lowest BCUT2D eigenvalue weighted by molar-refractivity contribution is -0.141. The van der Waals surface area contributed by atoms with Crippen molar-refractivity contribution in [2.75, 3.05) is 19.7 Å². The molecule has 0 radical (unpaired) electrons. The van der Waals surface area contributed by atoms with E-state index in [9.17, 15) is 14.0 Å². The summed E-state index contributed by atoms with van der Waals surface area (Å²) in [4.78, 5) is 25.1. The van der Waals surface area contributed by atoms with Crippen molar-refractivity contribution in [1.82, 2.24) is 15.4 Å². The van der Waals surface area contributed by atoms with Gasteiger partial charge in [0.1, 0.15) is 23.8 Å². The number of hydrogen-bond acceptors (Lipinski definition) is 5. The molecule has 8 heteroatoms. The van der Waals surface area contributed by atoms with E-state index < -0.39 is 5.97 Å². The first-order chi connectivity index (χ1) is 12.1. The Labute approximate surface area is 143 Å². The second-order valence-electron chi connectivity index (χ2n) is 5.58. The predicted octanol–water partition coefficient (Wildman–Crippen LogP) is 2.11. The minimum absolute atomic E-state index is 0.184. The SMILES string of the molecule is CCOC(=O)CNC(=O)N1CCc2onc(-c3cccc(F)c3)c2C1. The fraction of sp³-hybridized carbons (Fsp3) is 0.353. The summed E-state index contributed by atoms with van der Waals surface area (Å²) in [7, 11) is 0. The van der Waals surface area contributed by atoms with E-state index in [-0.39, 0.29) is 31.5 Å². The van der Waals surface area contributed by atoms with E-state index in [1.165, 1.54) is 12.1 Å². The monoisotopic (exact) mass is 347 g/mol. The van der Waals surface area contributed by atoms with Crippen LogP contribution in [0.4, 0.5) is 9.18 Å². The molecular weight excluding hydrogens is 329 g/mol. The Hall–Kier alpha value is -2.90. The topological polar surface area (TPSA) is 84.7 Å². The number of rotatable bonds is 4. The molecule has 1 aromatic heterocycles. The fourth-order valence-electron chi connectivity index (χ4n) is 2.72. The quantitative estimate of drug-likeness (QED) is 0.857. The lowest BCUT2D eigenvalue weighted by Gasteiger charge is -2.26. The van der Waals surface area contributed by atoms with Crippen LogP contribution in [0.2, 0.25) is 0 Å². The number of nitrogens with one attached hydrogen (secondary N) is 1. The summed E-state index contributed by atoms with van der Waals surface area (Å²) in [5.74, 6) is -0.165. The Kier molecular flexibility index (Phi) is 4.97. The largest absolute Gasteiger partial charge is 0.465 e. The number of halogens is 1. The molecular formula is C17H18FN3O4. The Morgan fingerprint density at radius 2 is 2.28 bits per heavy atom. The number of benzene rings is 1. The van der Waals surface area contributed by atoms with Crippen LogP contribution in [-0.4, -0.2) is 41.8 Å². The van der Waals surface area contributed by atoms with Gasteiger partial charge in [-0.05, 0) is 19.1 Å². The van der Waals surface area contributed by atoms with E-state index in [2.05, 4.69) is 10.5 Å². The van der Waals surface area contributed by atoms with Gasteiger partial charge in [-0.3, -0.25) is 4.79 Å². The highest BCUT2D eigenvalue weighted by Crippen LogP contribution is 2.30. The van der Waals surface area contributed by atoms with E-state index in [1.807, 2.05) is 0 Å². The first kappa shape index (κ1) is 16.9. The number of hydrogen-bond donors (Lipinski definition) is 1. The van der Waals surface area contributed by atoms with Crippen LogP contribution >= 0.6 is 0 Å². The molecule has 2 heterocycles. The molecule has 3 rings (SSSR count). The predicted molar refractivity (Wildman–Crippen MR) is 86.0 cm³/mol. The summed E-state index contributed by atoms with van der Waals surface area (Å²) < 4.78 is 23.6. The van der Waals surface area contributed by atoms with Gasteiger partial charge in [0.2, 0.25) is 0 Å². The van der Waals surface area contributed by atoms with Crippen molar-refractivity contribution in [3.63, 3.8) is 0 Å². The molecule has 2 aromatic rings. The number of carbonyl (C=O) groups excluding carboxylic acids is 2. The number of ether oxygens (including phenoxy) is 1. The van der Waals surface area contributed by atoms with Crippen LogP contribution < -0.4 is 5.32 Å².